The summed E-state index contributed by atoms with van der Waals surface area (Å²) >= 11 is 0. The van der Waals surface area contributed by atoms with Gasteiger partial charge in [0, 0.05) is 12.6 Å². The van der Waals surface area contributed by atoms with Gasteiger partial charge in [-0.2, -0.15) is 0 Å². The SMILES string of the molecule is O=C(NC1CCCC1)[C@@H]1Cc2ccccc2CN1. The van der Waals surface area contributed by atoms with Crippen LogP contribution in [-0.2, 0) is 17.8 Å². The van der Waals surface area contributed by atoms with E-state index in [4.69, 9.17) is 0 Å². The van der Waals surface area contributed by atoms with Crippen LogP contribution < -0.4 is 10.6 Å². The minimum atomic E-state index is -0.0551. The first-order valence-corrected chi connectivity index (χ1v) is 6.93. The first-order chi connectivity index (χ1) is 8.83. The van der Waals surface area contributed by atoms with Crippen LogP contribution in [0.15, 0.2) is 24.3 Å². The Morgan fingerprint density at radius 3 is 2.67 bits per heavy atom. The number of nitrogens with one attached hydrogen (secondary N) is 2. The fourth-order valence-electron chi connectivity index (χ4n) is 3.01. The lowest BCUT2D eigenvalue weighted by Crippen LogP contribution is -2.49. The van der Waals surface area contributed by atoms with Crippen molar-refractivity contribution < 1.29 is 4.79 Å². The second-order valence-electron chi connectivity index (χ2n) is 5.40. The summed E-state index contributed by atoms with van der Waals surface area (Å²) in [7, 11) is 0. The summed E-state index contributed by atoms with van der Waals surface area (Å²) in [4.78, 5) is 12.2. The van der Waals surface area contributed by atoms with Crippen molar-refractivity contribution in [1.82, 2.24) is 10.6 Å². The molecule has 1 aliphatic carbocycles. The van der Waals surface area contributed by atoms with Gasteiger partial charge in [0.05, 0.1) is 6.04 Å². The summed E-state index contributed by atoms with van der Waals surface area (Å²) in [6.45, 7) is 0.804. The molecule has 3 nitrogen and oxygen atoms in total. The molecule has 0 bridgehead atoms. The fraction of sp³-hybridized carbons (Fsp3) is 0.533. The molecule has 1 fully saturated rings. The zero-order chi connectivity index (χ0) is 12.4. The molecular formula is C15H20N2O. The largest absolute Gasteiger partial charge is 0.352 e. The molecule has 2 N–H and O–H groups in total. The van der Waals surface area contributed by atoms with Gasteiger partial charge in [0.15, 0.2) is 0 Å². The zero-order valence-corrected chi connectivity index (χ0v) is 10.6. The lowest BCUT2D eigenvalue weighted by Gasteiger charge is -2.26. The smallest absolute Gasteiger partial charge is 0.237 e. The molecule has 3 heteroatoms. The number of carbonyl (C=O) groups excluding carboxylic acids is 1. The highest BCUT2D eigenvalue weighted by Crippen LogP contribution is 2.19. The van der Waals surface area contributed by atoms with Gasteiger partial charge in [0.25, 0.3) is 0 Å². The molecule has 1 aliphatic heterocycles. The maximum Gasteiger partial charge on any atom is 0.237 e. The van der Waals surface area contributed by atoms with Gasteiger partial charge in [-0.15, -0.1) is 0 Å². The Hall–Kier alpha value is -1.35. The summed E-state index contributed by atoms with van der Waals surface area (Å²) < 4.78 is 0. The number of fused-ring (bicyclic) bond motifs is 1. The second-order valence-corrected chi connectivity index (χ2v) is 5.40. The second kappa shape index (κ2) is 5.11. The van der Waals surface area contributed by atoms with E-state index in [1.54, 1.807) is 0 Å². The van der Waals surface area contributed by atoms with Gasteiger partial charge in [0.2, 0.25) is 5.91 Å². The van der Waals surface area contributed by atoms with Crippen LogP contribution in [0.2, 0.25) is 0 Å². The molecule has 1 atom stereocenters. The molecule has 2 aliphatic rings. The van der Waals surface area contributed by atoms with Crippen molar-refractivity contribution in [2.45, 2.75) is 50.7 Å². The highest BCUT2D eigenvalue weighted by Gasteiger charge is 2.26. The van der Waals surface area contributed by atoms with E-state index in [2.05, 4.69) is 34.9 Å². The van der Waals surface area contributed by atoms with Gasteiger partial charge in [-0.1, -0.05) is 37.1 Å². The first-order valence-electron chi connectivity index (χ1n) is 6.93. The fourth-order valence-corrected chi connectivity index (χ4v) is 3.01. The predicted molar refractivity (Wildman–Crippen MR) is 71.2 cm³/mol. The van der Waals surface area contributed by atoms with Crippen molar-refractivity contribution in [2.75, 3.05) is 0 Å². The number of amides is 1. The van der Waals surface area contributed by atoms with Crippen LogP contribution in [-0.4, -0.2) is 18.0 Å². The first kappa shape index (κ1) is 11.7. The minimum absolute atomic E-state index is 0.0551. The van der Waals surface area contributed by atoms with E-state index in [9.17, 15) is 4.79 Å². The van der Waals surface area contributed by atoms with Crippen molar-refractivity contribution in [3.63, 3.8) is 0 Å². The summed E-state index contributed by atoms with van der Waals surface area (Å²) in [5.74, 6) is 0.177. The van der Waals surface area contributed by atoms with E-state index in [1.165, 1.54) is 24.0 Å². The van der Waals surface area contributed by atoms with Crippen molar-refractivity contribution in [3.05, 3.63) is 35.4 Å². The van der Waals surface area contributed by atoms with Crippen LogP contribution in [0.5, 0.6) is 0 Å². The third-order valence-corrected chi connectivity index (χ3v) is 4.10. The van der Waals surface area contributed by atoms with Gasteiger partial charge in [0.1, 0.15) is 0 Å². The summed E-state index contributed by atoms with van der Waals surface area (Å²) in [5.41, 5.74) is 2.63. The van der Waals surface area contributed by atoms with Gasteiger partial charge in [-0.05, 0) is 30.4 Å². The van der Waals surface area contributed by atoms with E-state index < -0.39 is 0 Å². The highest BCUT2D eigenvalue weighted by atomic mass is 16.2. The van der Waals surface area contributed by atoms with E-state index in [0.717, 1.165) is 25.8 Å². The number of carbonyl (C=O) groups is 1. The Labute approximate surface area is 108 Å². The van der Waals surface area contributed by atoms with Crippen molar-refractivity contribution in [1.29, 1.82) is 0 Å². The highest BCUT2D eigenvalue weighted by molar-refractivity contribution is 5.82. The van der Waals surface area contributed by atoms with Crippen LogP contribution in [0.25, 0.3) is 0 Å². The number of benzene rings is 1. The molecule has 3 rings (SSSR count). The molecule has 1 heterocycles. The normalized spacial score (nSPS) is 23.7. The summed E-state index contributed by atoms with van der Waals surface area (Å²) in [6, 6.07) is 8.73. The van der Waals surface area contributed by atoms with Gasteiger partial charge in [-0.3, -0.25) is 4.79 Å². The summed E-state index contributed by atoms with van der Waals surface area (Å²) in [5, 5.41) is 6.51. The van der Waals surface area contributed by atoms with E-state index in [1.807, 2.05) is 0 Å². The molecule has 18 heavy (non-hydrogen) atoms. The molecule has 1 saturated carbocycles. The molecule has 0 saturated heterocycles. The maximum absolute atomic E-state index is 12.2. The molecule has 96 valence electrons. The third-order valence-electron chi connectivity index (χ3n) is 4.10. The molecule has 1 aromatic carbocycles. The monoisotopic (exact) mass is 244 g/mol. The number of rotatable bonds is 2. The van der Waals surface area contributed by atoms with Gasteiger partial charge >= 0.3 is 0 Å². The van der Waals surface area contributed by atoms with E-state index in [-0.39, 0.29) is 11.9 Å². The minimum Gasteiger partial charge on any atom is -0.352 e. The van der Waals surface area contributed by atoms with Crippen LogP contribution in [0.4, 0.5) is 0 Å². The Balaban J connectivity index is 1.62. The average Bonchev–Trinajstić information content (AvgIpc) is 2.91. The van der Waals surface area contributed by atoms with Crippen molar-refractivity contribution in [2.24, 2.45) is 0 Å². The number of hydrogen-bond donors (Lipinski definition) is 2. The topological polar surface area (TPSA) is 41.1 Å². The van der Waals surface area contributed by atoms with Gasteiger partial charge in [-0.25, -0.2) is 0 Å². The Bertz CT molecular complexity index is 438. The molecular weight excluding hydrogens is 224 g/mol. The van der Waals surface area contributed by atoms with Crippen LogP contribution in [0.3, 0.4) is 0 Å². The Morgan fingerprint density at radius 1 is 1.17 bits per heavy atom. The molecule has 1 aromatic rings. The van der Waals surface area contributed by atoms with Crippen LogP contribution in [0.1, 0.15) is 36.8 Å². The quantitative estimate of drug-likeness (QED) is 0.832. The van der Waals surface area contributed by atoms with Crippen molar-refractivity contribution >= 4 is 5.91 Å². The van der Waals surface area contributed by atoms with E-state index in [0.29, 0.717) is 6.04 Å². The van der Waals surface area contributed by atoms with Crippen LogP contribution >= 0.6 is 0 Å². The number of hydrogen-bond acceptors (Lipinski definition) is 2. The molecule has 0 radical (unpaired) electrons. The predicted octanol–water partition coefficient (Wildman–Crippen LogP) is 1.76. The van der Waals surface area contributed by atoms with E-state index >= 15 is 0 Å². The maximum atomic E-state index is 12.2. The molecule has 1 amide bonds. The zero-order valence-electron chi connectivity index (χ0n) is 10.6. The third kappa shape index (κ3) is 2.41. The average molecular weight is 244 g/mol. The van der Waals surface area contributed by atoms with Crippen LogP contribution in [0, 0.1) is 0 Å². The summed E-state index contributed by atoms with van der Waals surface area (Å²) in [6.07, 6.45) is 5.62. The lowest BCUT2D eigenvalue weighted by molar-refractivity contribution is -0.124. The van der Waals surface area contributed by atoms with Gasteiger partial charge < -0.3 is 10.6 Å². The Kier molecular flexibility index (Phi) is 3.33. The standard InChI is InChI=1S/C15H20N2O/c18-15(17-13-7-3-4-8-13)14-9-11-5-1-2-6-12(11)10-16-14/h1-2,5-6,13-14,16H,3-4,7-10H2,(H,17,18)/t14-/m0/s1. The lowest BCUT2D eigenvalue weighted by atomic mass is 9.95. The van der Waals surface area contributed by atoms with Crippen molar-refractivity contribution in [3.8, 4) is 0 Å². The molecule has 0 spiro atoms. The molecule has 0 aromatic heterocycles. The molecule has 0 unspecified atom stereocenters. The Morgan fingerprint density at radius 2 is 1.89 bits per heavy atom.